The molecular weight excluding hydrogens is 813 g/mol. The van der Waals surface area contributed by atoms with Gasteiger partial charge in [-0.2, -0.15) is 0 Å². The lowest BCUT2D eigenvalue weighted by atomic mass is 9.96. The van der Waals surface area contributed by atoms with Gasteiger partial charge in [0, 0.05) is 18.4 Å². The van der Waals surface area contributed by atoms with Crippen molar-refractivity contribution >= 4 is 56.7 Å². The van der Waals surface area contributed by atoms with Crippen LogP contribution in [0.3, 0.4) is 0 Å². The number of hydrogen-bond acceptors (Lipinski definition) is 11. The van der Waals surface area contributed by atoms with Crippen LogP contribution in [-0.2, 0) is 11.8 Å². The SMILES string of the molecule is COC(=O)c1cc(C(=O)O)c(C(=O)Nc2ccc(Oc3ccc(C)cc3)cc2)cc1C(=O)Nc1ccc(Oc2ccc(-n3c(=O)c4cc5c(=O)n(C)c(=O)c5cc4c3=O)cc2)cc1. The molecule has 0 unspecified atom stereocenters. The van der Waals surface area contributed by atoms with Crippen LogP contribution in [0.5, 0.6) is 23.0 Å². The van der Waals surface area contributed by atoms with Crippen LogP contribution in [0.4, 0.5) is 11.4 Å². The predicted molar refractivity (Wildman–Crippen MR) is 232 cm³/mol. The number of carbonyl (C=O) groups excluding carboxylic acids is 3. The number of aromatic carboxylic acids is 1. The number of esters is 1. The Labute approximate surface area is 354 Å². The molecule has 63 heavy (non-hydrogen) atoms. The number of carboxylic acid groups (broad SMARTS) is 1. The van der Waals surface area contributed by atoms with Gasteiger partial charge in [0.2, 0.25) is 0 Å². The number of carbonyl (C=O) groups is 4. The van der Waals surface area contributed by atoms with Crippen molar-refractivity contribution in [3.05, 3.63) is 191 Å². The molecular formula is C47H32N4O12. The maximum atomic E-state index is 13.7. The van der Waals surface area contributed by atoms with Crippen molar-refractivity contribution in [2.45, 2.75) is 6.92 Å². The lowest BCUT2D eigenvalue weighted by Gasteiger charge is -2.14. The third kappa shape index (κ3) is 7.82. The Morgan fingerprint density at radius 2 is 0.889 bits per heavy atom. The van der Waals surface area contributed by atoms with Crippen molar-refractivity contribution in [1.29, 1.82) is 0 Å². The summed E-state index contributed by atoms with van der Waals surface area (Å²) in [6, 6.07) is 30.3. The van der Waals surface area contributed by atoms with Gasteiger partial charge in [0.25, 0.3) is 34.1 Å². The maximum Gasteiger partial charge on any atom is 0.338 e. The third-order valence-corrected chi connectivity index (χ3v) is 10.2. The number of anilines is 2. The number of aromatic nitrogens is 2. The molecule has 0 spiro atoms. The topological polar surface area (TPSA) is 218 Å². The predicted octanol–water partition coefficient (Wildman–Crippen LogP) is 6.32. The molecule has 8 aromatic rings. The number of nitrogens with one attached hydrogen (secondary N) is 2. The van der Waals surface area contributed by atoms with Crippen LogP contribution in [0.1, 0.15) is 47.0 Å². The van der Waals surface area contributed by atoms with Gasteiger partial charge >= 0.3 is 11.9 Å². The summed E-state index contributed by atoms with van der Waals surface area (Å²) < 4.78 is 18.4. The van der Waals surface area contributed by atoms with Crippen molar-refractivity contribution < 1.29 is 38.5 Å². The van der Waals surface area contributed by atoms with Crippen LogP contribution in [-0.4, -0.2) is 45.1 Å². The fourth-order valence-corrected chi connectivity index (χ4v) is 6.91. The number of amides is 2. The molecule has 16 heteroatoms. The van der Waals surface area contributed by atoms with Gasteiger partial charge < -0.3 is 30.0 Å². The first-order valence-corrected chi connectivity index (χ1v) is 18.9. The minimum absolute atomic E-state index is 0.00950. The van der Waals surface area contributed by atoms with Crippen LogP contribution in [0.15, 0.2) is 141 Å². The van der Waals surface area contributed by atoms with Crippen molar-refractivity contribution in [2.75, 3.05) is 17.7 Å². The van der Waals surface area contributed by atoms with E-state index in [2.05, 4.69) is 10.6 Å². The molecule has 2 amide bonds. The first kappa shape index (κ1) is 40.8. The van der Waals surface area contributed by atoms with Crippen molar-refractivity contribution in [1.82, 2.24) is 9.13 Å². The molecule has 0 aliphatic heterocycles. The van der Waals surface area contributed by atoms with Gasteiger partial charge in [0.1, 0.15) is 23.0 Å². The zero-order chi connectivity index (χ0) is 44.7. The number of hydrogen-bond donors (Lipinski definition) is 3. The van der Waals surface area contributed by atoms with Gasteiger partial charge in [-0.15, -0.1) is 0 Å². The van der Waals surface area contributed by atoms with Gasteiger partial charge in [-0.3, -0.25) is 33.3 Å². The number of fused-ring (bicyclic) bond motifs is 2. The Balaban J connectivity index is 0.978. The van der Waals surface area contributed by atoms with Crippen LogP contribution in [0.25, 0.3) is 27.2 Å². The van der Waals surface area contributed by atoms with Gasteiger partial charge in [-0.1, -0.05) is 17.7 Å². The maximum absolute atomic E-state index is 13.7. The lowest BCUT2D eigenvalue weighted by molar-refractivity contribution is 0.0597. The quantitative estimate of drug-likeness (QED) is 0.122. The number of aryl methyl sites for hydroxylation is 1. The fourth-order valence-electron chi connectivity index (χ4n) is 6.91. The number of methoxy groups -OCH3 is 1. The average molecular weight is 845 g/mol. The van der Waals surface area contributed by atoms with Gasteiger partial charge in [0.15, 0.2) is 0 Å². The molecule has 6 aromatic carbocycles. The molecule has 0 saturated carbocycles. The van der Waals surface area contributed by atoms with Crippen LogP contribution >= 0.6 is 0 Å². The fraction of sp³-hybridized carbons (Fsp3) is 0.0638. The Bertz CT molecular complexity index is 3300. The van der Waals surface area contributed by atoms with E-state index in [9.17, 15) is 43.5 Å². The first-order valence-electron chi connectivity index (χ1n) is 18.9. The summed E-state index contributed by atoms with van der Waals surface area (Å²) in [6.07, 6.45) is 0. The van der Waals surface area contributed by atoms with E-state index in [-0.39, 0.29) is 38.5 Å². The molecule has 0 bridgehead atoms. The van der Waals surface area contributed by atoms with Gasteiger partial charge in [0.05, 0.1) is 56.6 Å². The van der Waals surface area contributed by atoms with Crippen LogP contribution < -0.4 is 42.3 Å². The van der Waals surface area contributed by atoms with E-state index in [0.717, 1.165) is 33.9 Å². The Kier molecular flexibility index (Phi) is 10.5. The van der Waals surface area contributed by atoms with Crippen molar-refractivity contribution in [3.63, 3.8) is 0 Å². The standard InChI is InChI=1S/C47H32N4O12/c1-24-4-12-28(13-5-24)62-29-14-6-25(7-15-29)48-40(52)32-20-33(39(47(60)61-3)23-38(32)46(58)59)41(53)49-26-8-16-30(17-9-26)63-31-18-10-27(11-19-31)51-44(56)36-21-34-35(22-37(36)45(51)57)43(55)50(2)42(34)54/h4-23H,1-3H3,(H,48,52)(H,49,53)(H,58,59). The molecule has 2 heterocycles. The first-order chi connectivity index (χ1) is 30.2. The van der Waals surface area contributed by atoms with E-state index >= 15 is 0 Å². The monoisotopic (exact) mass is 844 g/mol. The highest BCUT2D eigenvalue weighted by atomic mass is 16.5. The van der Waals surface area contributed by atoms with Gasteiger partial charge in [-0.25, -0.2) is 14.2 Å². The molecule has 0 aliphatic carbocycles. The number of nitrogens with zero attached hydrogens (tertiary/aromatic N) is 2. The zero-order valence-corrected chi connectivity index (χ0v) is 33.4. The zero-order valence-electron chi connectivity index (χ0n) is 33.4. The molecule has 0 saturated heterocycles. The highest BCUT2D eigenvalue weighted by Crippen LogP contribution is 2.28. The molecule has 0 atom stereocenters. The second kappa shape index (κ2) is 16.3. The second-order valence-corrected chi connectivity index (χ2v) is 14.3. The molecule has 0 aliphatic rings. The number of carboxylic acids is 1. The smallest absolute Gasteiger partial charge is 0.338 e. The summed E-state index contributed by atoms with van der Waals surface area (Å²) in [5.41, 5.74) is -2.27. The van der Waals surface area contributed by atoms with Gasteiger partial charge in [-0.05, 0) is 116 Å². The number of benzene rings is 6. The highest BCUT2D eigenvalue weighted by Gasteiger charge is 2.27. The van der Waals surface area contributed by atoms with Crippen molar-refractivity contribution in [3.8, 4) is 28.7 Å². The van der Waals surface area contributed by atoms with E-state index < -0.39 is 62.7 Å². The normalized spacial score (nSPS) is 11.0. The largest absolute Gasteiger partial charge is 0.478 e. The van der Waals surface area contributed by atoms with E-state index in [1.165, 1.54) is 67.7 Å². The van der Waals surface area contributed by atoms with E-state index in [1.807, 2.05) is 31.2 Å². The summed E-state index contributed by atoms with van der Waals surface area (Å²) in [6.45, 7) is 1.95. The number of ether oxygens (including phenoxy) is 3. The summed E-state index contributed by atoms with van der Waals surface area (Å²) in [4.78, 5) is 104. The Morgan fingerprint density at radius 3 is 1.32 bits per heavy atom. The van der Waals surface area contributed by atoms with E-state index in [4.69, 9.17) is 14.2 Å². The molecule has 8 rings (SSSR count). The summed E-state index contributed by atoms with van der Waals surface area (Å²) >= 11 is 0. The molecule has 3 N–H and O–H groups in total. The highest BCUT2D eigenvalue weighted by molar-refractivity contribution is 6.17. The number of rotatable bonds is 11. The molecule has 16 nitrogen and oxygen atoms in total. The minimum Gasteiger partial charge on any atom is -0.478 e. The van der Waals surface area contributed by atoms with Crippen LogP contribution in [0.2, 0.25) is 0 Å². The minimum atomic E-state index is -1.53. The Morgan fingerprint density at radius 1 is 0.508 bits per heavy atom. The second-order valence-electron chi connectivity index (χ2n) is 14.3. The summed E-state index contributed by atoms with van der Waals surface area (Å²) in [5.74, 6) is -2.52. The van der Waals surface area contributed by atoms with Crippen molar-refractivity contribution in [2.24, 2.45) is 7.05 Å². The van der Waals surface area contributed by atoms with E-state index in [0.29, 0.717) is 28.7 Å². The molecule has 0 radical (unpaired) electrons. The van der Waals surface area contributed by atoms with Crippen LogP contribution in [0, 0.1) is 6.92 Å². The third-order valence-electron chi connectivity index (χ3n) is 10.2. The molecule has 312 valence electrons. The summed E-state index contributed by atoms with van der Waals surface area (Å²) in [5, 5.41) is 15.4. The lowest BCUT2D eigenvalue weighted by Crippen LogP contribution is -2.23. The summed E-state index contributed by atoms with van der Waals surface area (Å²) in [7, 11) is 2.38. The molecule has 0 fully saturated rings. The van der Waals surface area contributed by atoms with E-state index in [1.54, 1.807) is 24.3 Å². The molecule has 2 aromatic heterocycles. The average Bonchev–Trinajstić information content (AvgIpc) is 3.65. The Hall–Kier alpha value is -8.92.